The predicted molar refractivity (Wildman–Crippen MR) is 174 cm³/mol. The van der Waals surface area contributed by atoms with Crippen LogP contribution in [0.3, 0.4) is 0 Å². The molecule has 258 valence electrons. The number of nitrogens with zero attached hydrogens (tertiary/aromatic N) is 4. The molecule has 2 aliphatic heterocycles. The molecule has 0 bridgehead atoms. The zero-order chi connectivity index (χ0) is 34.5. The Labute approximate surface area is 279 Å². The van der Waals surface area contributed by atoms with E-state index in [1.807, 2.05) is 12.1 Å². The van der Waals surface area contributed by atoms with E-state index in [0.717, 1.165) is 24.8 Å². The van der Waals surface area contributed by atoms with Gasteiger partial charge in [-0.2, -0.15) is 10.4 Å². The largest absolute Gasteiger partial charge is 0.462 e. The van der Waals surface area contributed by atoms with E-state index < -0.39 is 49.5 Å². The van der Waals surface area contributed by atoms with Crippen LogP contribution in [0, 0.1) is 11.3 Å². The van der Waals surface area contributed by atoms with Crippen LogP contribution in [-0.2, 0) is 43.8 Å². The number of nitrogens with two attached hydrogens (primary N) is 1. The lowest BCUT2D eigenvalue weighted by Crippen LogP contribution is -2.40. The monoisotopic (exact) mass is 682 g/mol. The maximum atomic E-state index is 14.5. The van der Waals surface area contributed by atoms with Gasteiger partial charge in [0.05, 0.1) is 18.7 Å². The summed E-state index contributed by atoms with van der Waals surface area (Å²) in [5.74, 6) is -0.932. The molecule has 2 aromatic heterocycles. The topological polar surface area (TPSA) is 182 Å². The van der Waals surface area contributed by atoms with E-state index in [0.29, 0.717) is 17.0 Å². The second kappa shape index (κ2) is 12.7. The van der Waals surface area contributed by atoms with Gasteiger partial charge in [0.1, 0.15) is 48.1 Å². The highest BCUT2D eigenvalue weighted by Crippen LogP contribution is 2.51. The molecule has 0 radical (unpaired) electrons. The number of fused-ring (bicyclic) bond motifs is 2. The molecule has 3 aromatic rings. The Morgan fingerprint density at radius 3 is 2.56 bits per heavy atom. The Kier molecular flexibility index (Phi) is 9.08. The third-order valence-corrected chi connectivity index (χ3v) is 10.5. The van der Waals surface area contributed by atoms with Gasteiger partial charge in [-0.1, -0.05) is 32.9 Å². The fourth-order valence-corrected chi connectivity index (χ4v) is 7.72. The molecule has 3 fully saturated rings. The van der Waals surface area contributed by atoms with Crippen molar-refractivity contribution in [3.63, 3.8) is 0 Å². The molecular formula is C33H43N6O8P. The fraction of sp³-hybridized carbons (Fsp3) is 0.576. The highest BCUT2D eigenvalue weighted by Gasteiger charge is 2.65. The molecule has 6 rings (SSSR count). The number of anilines is 1. The van der Waals surface area contributed by atoms with Crippen LogP contribution >= 0.6 is 7.75 Å². The minimum absolute atomic E-state index is 0.0459. The minimum Gasteiger partial charge on any atom is -0.462 e. The van der Waals surface area contributed by atoms with Crippen molar-refractivity contribution in [1.82, 2.24) is 19.7 Å². The van der Waals surface area contributed by atoms with Crippen molar-refractivity contribution in [3.05, 3.63) is 54.0 Å². The van der Waals surface area contributed by atoms with E-state index in [-0.39, 0.29) is 30.4 Å². The van der Waals surface area contributed by atoms with Crippen molar-refractivity contribution in [2.75, 3.05) is 12.3 Å². The number of rotatable bonds is 11. The van der Waals surface area contributed by atoms with Gasteiger partial charge in [-0.3, -0.25) is 9.32 Å². The van der Waals surface area contributed by atoms with Gasteiger partial charge < -0.3 is 29.2 Å². The number of aromatic nitrogens is 3. The molecule has 48 heavy (non-hydrogen) atoms. The molecule has 1 aliphatic carbocycles. The third kappa shape index (κ3) is 6.81. The lowest BCUT2D eigenvalue weighted by atomic mass is 9.87. The van der Waals surface area contributed by atoms with E-state index in [1.165, 1.54) is 10.8 Å². The van der Waals surface area contributed by atoms with Crippen LogP contribution < -0.4 is 15.3 Å². The number of esters is 1. The van der Waals surface area contributed by atoms with Crippen LogP contribution in [-0.4, -0.2) is 63.4 Å². The summed E-state index contributed by atoms with van der Waals surface area (Å²) in [6.07, 6.45) is 1.27. The highest BCUT2D eigenvalue weighted by molar-refractivity contribution is 7.52. The highest BCUT2D eigenvalue weighted by atomic mass is 31.2. The number of nitrogens with one attached hydrogen (secondary N) is 1. The normalized spacial score (nSPS) is 27.1. The van der Waals surface area contributed by atoms with Gasteiger partial charge >= 0.3 is 13.7 Å². The second-order valence-electron chi connectivity index (χ2n) is 14.1. The summed E-state index contributed by atoms with van der Waals surface area (Å²) in [6.45, 7) is 11.1. The van der Waals surface area contributed by atoms with Crippen LogP contribution in [0.4, 0.5) is 5.82 Å². The Morgan fingerprint density at radius 2 is 1.92 bits per heavy atom. The van der Waals surface area contributed by atoms with Gasteiger partial charge in [-0.25, -0.2) is 19.2 Å². The molecular weight excluding hydrogens is 639 g/mol. The maximum Gasteiger partial charge on any atom is 0.459 e. The predicted octanol–water partition coefficient (Wildman–Crippen LogP) is 4.91. The Morgan fingerprint density at radius 1 is 1.19 bits per heavy atom. The summed E-state index contributed by atoms with van der Waals surface area (Å²) in [5.41, 5.74) is 6.19. The molecule has 6 atom stereocenters. The van der Waals surface area contributed by atoms with Crippen molar-refractivity contribution in [1.29, 1.82) is 5.26 Å². The Balaban J connectivity index is 1.26. The first-order valence-electron chi connectivity index (χ1n) is 16.2. The number of nitriles is 1. The summed E-state index contributed by atoms with van der Waals surface area (Å²) >= 11 is 0. The second-order valence-corrected chi connectivity index (χ2v) is 15.8. The van der Waals surface area contributed by atoms with Gasteiger partial charge in [0.25, 0.3) is 0 Å². The maximum absolute atomic E-state index is 14.5. The van der Waals surface area contributed by atoms with Gasteiger partial charge in [-0.05, 0) is 75.3 Å². The molecule has 4 heterocycles. The molecule has 0 spiro atoms. The van der Waals surface area contributed by atoms with Gasteiger partial charge in [0.2, 0.25) is 5.60 Å². The smallest absolute Gasteiger partial charge is 0.459 e. The van der Waals surface area contributed by atoms with Crippen molar-refractivity contribution in [2.24, 2.45) is 0 Å². The summed E-state index contributed by atoms with van der Waals surface area (Å²) in [4.78, 5) is 16.6. The van der Waals surface area contributed by atoms with E-state index in [2.05, 4.69) is 42.0 Å². The first-order chi connectivity index (χ1) is 22.6. The van der Waals surface area contributed by atoms with E-state index in [4.69, 9.17) is 33.7 Å². The molecule has 14 nitrogen and oxygen atoms in total. The molecule has 3 N–H and O–H groups in total. The summed E-state index contributed by atoms with van der Waals surface area (Å²) in [7, 11) is -4.17. The van der Waals surface area contributed by atoms with Gasteiger partial charge in [0.15, 0.2) is 11.6 Å². The summed E-state index contributed by atoms with van der Waals surface area (Å²) < 4.78 is 52.5. The average molecular weight is 683 g/mol. The molecule has 0 amide bonds. The quantitative estimate of drug-likeness (QED) is 0.206. The van der Waals surface area contributed by atoms with Crippen molar-refractivity contribution in [2.45, 2.75) is 114 Å². The first-order valence-corrected chi connectivity index (χ1v) is 17.7. The lowest BCUT2D eigenvalue weighted by Gasteiger charge is -2.30. The van der Waals surface area contributed by atoms with Crippen LogP contribution in [0.25, 0.3) is 5.52 Å². The summed E-state index contributed by atoms with van der Waals surface area (Å²) in [6, 6.07) is 12.3. The SMILES string of the molecule is C[C@@H](CC(=O)OC1CCC1)NP(=O)(OC[C@H]1O[C@@](C#N)(c2ccc3c(N)ncnn23)[C@@H]2OC(C)(C)O[C@@H]21)Oc1ccc(C(C)(C)C)cc1. The minimum atomic E-state index is -4.17. The van der Waals surface area contributed by atoms with E-state index >= 15 is 0 Å². The average Bonchev–Trinajstić information content (AvgIpc) is 3.64. The van der Waals surface area contributed by atoms with Crippen molar-refractivity contribution in [3.8, 4) is 11.8 Å². The van der Waals surface area contributed by atoms with Crippen LogP contribution in [0.1, 0.15) is 78.5 Å². The summed E-state index contributed by atoms with van der Waals surface area (Å²) in [5, 5.41) is 17.9. The van der Waals surface area contributed by atoms with Gasteiger partial charge in [0, 0.05) is 6.04 Å². The van der Waals surface area contributed by atoms with Crippen LogP contribution in [0.5, 0.6) is 5.75 Å². The standard InChI is InChI=1S/C33H43N6O8P/c1-20(16-27(40)43-22-8-7-9-22)38-48(41,47-23-12-10-21(11-13-23)31(2,3)4)42-17-25-28-29(46-32(5,6)45-28)33(18-34,44-25)26-15-14-24-30(35)36-19-37-39(24)26/h10-15,19-20,22,25,28-29H,7-9,16-17H2,1-6H3,(H,38,41)(H2,35,36,37)/t20-,25+,28+,29+,33-,48?/m0/s1. The first kappa shape index (κ1) is 34.3. The van der Waals surface area contributed by atoms with Crippen LogP contribution in [0.2, 0.25) is 0 Å². The molecule has 1 saturated carbocycles. The Bertz CT molecular complexity index is 1750. The molecule has 3 aliphatic rings. The fourth-order valence-electron chi connectivity index (χ4n) is 6.17. The van der Waals surface area contributed by atoms with Crippen molar-refractivity contribution < 1.29 is 37.4 Å². The Hall–Kier alpha value is -3.57. The molecule has 1 unspecified atom stereocenters. The number of ether oxygens (including phenoxy) is 4. The van der Waals surface area contributed by atoms with Crippen LogP contribution in [0.15, 0.2) is 42.7 Å². The number of carbonyl (C=O) groups is 1. The number of carbonyl (C=O) groups excluding carboxylic acids is 1. The number of nitrogen functional groups attached to an aromatic ring is 1. The van der Waals surface area contributed by atoms with E-state index in [9.17, 15) is 14.6 Å². The van der Waals surface area contributed by atoms with E-state index in [1.54, 1.807) is 45.0 Å². The number of benzene rings is 1. The third-order valence-electron chi connectivity index (χ3n) is 8.82. The number of hydrogen-bond acceptors (Lipinski definition) is 12. The molecule has 1 aromatic carbocycles. The molecule has 2 saturated heterocycles. The van der Waals surface area contributed by atoms with Crippen molar-refractivity contribution >= 4 is 25.1 Å². The lowest BCUT2D eigenvalue weighted by molar-refractivity contribution is -0.204. The number of hydrogen-bond donors (Lipinski definition) is 2. The zero-order valence-corrected chi connectivity index (χ0v) is 28.9. The van der Waals surface area contributed by atoms with Gasteiger partial charge in [-0.15, -0.1) is 0 Å². The molecule has 15 heteroatoms. The zero-order valence-electron chi connectivity index (χ0n) is 28.0.